The van der Waals surface area contributed by atoms with Crippen molar-refractivity contribution in [3.8, 4) is 5.75 Å². The highest BCUT2D eigenvalue weighted by Gasteiger charge is 2.11. The van der Waals surface area contributed by atoms with Gasteiger partial charge in [0.05, 0.1) is 13.2 Å². The van der Waals surface area contributed by atoms with Crippen molar-refractivity contribution in [2.75, 3.05) is 19.0 Å². The molecule has 0 aliphatic heterocycles. The number of hydrogen-bond acceptors (Lipinski definition) is 3. The van der Waals surface area contributed by atoms with E-state index in [1.54, 1.807) is 25.3 Å². The quantitative estimate of drug-likeness (QED) is 0.719. The lowest BCUT2D eigenvalue weighted by atomic mass is 10.1. The van der Waals surface area contributed by atoms with Crippen LogP contribution in [0.2, 0.25) is 0 Å². The average molecular weight is 342 g/mol. The molecule has 2 aromatic carbocycles. The van der Waals surface area contributed by atoms with Crippen LogP contribution in [-0.4, -0.2) is 24.8 Å². The Bertz CT molecular complexity index is 716. The van der Waals surface area contributed by atoms with Crippen LogP contribution in [0.1, 0.15) is 36.6 Å². The van der Waals surface area contributed by atoms with Gasteiger partial charge in [-0.05, 0) is 47.7 Å². The number of aliphatic hydroxyl groups excluding tert-OH is 1. The molecule has 0 fully saturated rings. The normalized spacial score (nSPS) is 11.7. The summed E-state index contributed by atoms with van der Waals surface area (Å²) in [4.78, 5) is 12.2. The van der Waals surface area contributed by atoms with Crippen molar-refractivity contribution in [2.45, 2.75) is 32.8 Å². The number of urea groups is 1. The van der Waals surface area contributed by atoms with Crippen molar-refractivity contribution in [1.82, 2.24) is 5.32 Å². The molecule has 0 aromatic heterocycles. The molecular weight excluding hydrogens is 316 g/mol. The first-order valence-electron chi connectivity index (χ1n) is 8.56. The molecule has 2 rings (SSSR count). The van der Waals surface area contributed by atoms with Crippen molar-refractivity contribution in [1.29, 1.82) is 0 Å². The topological polar surface area (TPSA) is 70.6 Å². The number of aliphatic hydroxyl groups is 1. The number of benzene rings is 2. The lowest BCUT2D eigenvalue weighted by Gasteiger charge is -2.15. The van der Waals surface area contributed by atoms with Gasteiger partial charge in [-0.1, -0.05) is 38.1 Å². The Morgan fingerprint density at radius 2 is 1.96 bits per heavy atom. The summed E-state index contributed by atoms with van der Waals surface area (Å²) in [5, 5.41) is 15.8. The fourth-order valence-electron chi connectivity index (χ4n) is 2.59. The second-order valence-electron chi connectivity index (χ2n) is 5.83. The second kappa shape index (κ2) is 9.08. The minimum absolute atomic E-state index is 0.119. The first-order valence-corrected chi connectivity index (χ1v) is 8.56. The van der Waals surface area contributed by atoms with Gasteiger partial charge in [0, 0.05) is 12.2 Å². The third-order valence-electron chi connectivity index (χ3n) is 4.15. The summed E-state index contributed by atoms with van der Waals surface area (Å²) in [5.41, 5.74) is 3.77. The van der Waals surface area contributed by atoms with E-state index in [9.17, 15) is 9.90 Å². The first kappa shape index (κ1) is 18.8. The number of carbonyl (C=O) groups is 1. The average Bonchev–Trinajstić information content (AvgIpc) is 2.66. The number of ether oxygens (including phenoxy) is 1. The molecule has 25 heavy (non-hydrogen) atoms. The molecule has 0 aliphatic carbocycles. The molecule has 134 valence electrons. The molecule has 0 spiro atoms. The molecule has 2 amide bonds. The van der Waals surface area contributed by atoms with Crippen LogP contribution in [-0.2, 0) is 12.8 Å². The standard InChI is InChI=1S/C20H26N2O3/c1-4-14-9-10-15(5-2)18(11-14)22-20(24)21-13-19(23)16-7-6-8-17(12-16)25-3/h6-12,19,23H,4-5,13H2,1-3H3,(H2,21,22,24). The first-order chi connectivity index (χ1) is 12.1. The number of methoxy groups -OCH3 is 1. The van der Waals surface area contributed by atoms with E-state index in [0.29, 0.717) is 11.3 Å². The van der Waals surface area contributed by atoms with Gasteiger partial charge in [0.2, 0.25) is 0 Å². The highest BCUT2D eigenvalue weighted by atomic mass is 16.5. The van der Waals surface area contributed by atoms with Gasteiger partial charge in [-0.25, -0.2) is 4.79 Å². The molecule has 0 saturated carbocycles. The Morgan fingerprint density at radius 3 is 2.64 bits per heavy atom. The number of anilines is 1. The number of nitrogens with one attached hydrogen (secondary N) is 2. The molecule has 5 nitrogen and oxygen atoms in total. The van der Waals surface area contributed by atoms with Gasteiger partial charge < -0.3 is 20.5 Å². The minimum Gasteiger partial charge on any atom is -0.497 e. The summed E-state index contributed by atoms with van der Waals surface area (Å²) in [7, 11) is 1.58. The molecule has 0 saturated heterocycles. The SMILES string of the molecule is CCc1ccc(CC)c(NC(=O)NCC(O)c2cccc(OC)c2)c1. The molecule has 3 N–H and O–H groups in total. The summed E-state index contributed by atoms with van der Waals surface area (Å²) < 4.78 is 5.15. The highest BCUT2D eigenvalue weighted by Crippen LogP contribution is 2.20. The Morgan fingerprint density at radius 1 is 1.16 bits per heavy atom. The maximum Gasteiger partial charge on any atom is 0.319 e. The van der Waals surface area contributed by atoms with Crippen LogP contribution in [0.15, 0.2) is 42.5 Å². The van der Waals surface area contributed by atoms with E-state index in [1.165, 1.54) is 5.56 Å². The summed E-state index contributed by atoms with van der Waals surface area (Å²) in [6, 6.07) is 13.0. The van der Waals surface area contributed by atoms with Gasteiger partial charge in [-0.3, -0.25) is 0 Å². The second-order valence-corrected chi connectivity index (χ2v) is 5.83. The van der Waals surface area contributed by atoms with Gasteiger partial charge >= 0.3 is 6.03 Å². The molecule has 0 aliphatic rings. The molecule has 0 radical (unpaired) electrons. The number of aryl methyl sites for hydroxylation is 2. The number of carbonyl (C=O) groups excluding carboxylic acids is 1. The molecule has 0 bridgehead atoms. The van der Waals surface area contributed by atoms with Crippen LogP contribution in [0.25, 0.3) is 0 Å². The summed E-state index contributed by atoms with van der Waals surface area (Å²) >= 11 is 0. The molecule has 1 atom stereocenters. The Balaban J connectivity index is 1.96. The number of rotatable bonds is 7. The molecule has 1 unspecified atom stereocenters. The van der Waals surface area contributed by atoms with E-state index in [2.05, 4.69) is 30.5 Å². The molecule has 2 aromatic rings. The monoisotopic (exact) mass is 342 g/mol. The van der Waals surface area contributed by atoms with Gasteiger partial charge in [0.1, 0.15) is 5.75 Å². The van der Waals surface area contributed by atoms with Crippen LogP contribution < -0.4 is 15.4 Å². The predicted octanol–water partition coefficient (Wildman–Crippen LogP) is 3.68. The maximum absolute atomic E-state index is 12.2. The van der Waals surface area contributed by atoms with Crippen LogP contribution in [0.4, 0.5) is 10.5 Å². The lowest BCUT2D eigenvalue weighted by molar-refractivity contribution is 0.175. The summed E-state index contributed by atoms with van der Waals surface area (Å²) in [6.45, 7) is 4.25. The number of amides is 2. The van der Waals surface area contributed by atoms with Gasteiger partial charge in [0.15, 0.2) is 0 Å². The predicted molar refractivity (Wildman–Crippen MR) is 100 cm³/mol. The zero-order valence-corrected chi connectivity index (χ0v) is 15.0. The van der Waals surface area contributed by atoms with E-state index in [1.807, 2.05) is 18.2 Å². The minimum atomic E-state index is -0.798. The van der Waals surface area contributed by atoms with E-state index in [-0.39, 0.29) is 12.6 Å². The van der Waals surface area contributed by atoms with Crippen molar-refractivity contribution < 1.29 is 14.6 Å². The Hall–Kier alpha value is -2.53. The Labute approximate surface area is 149 Å². The summed E-state index contributed by atoms with van der Waals surface area (Å²) in [5.74, 6) is 0.671. The lowest BCUT2D eigenvalue weighted by Crippen LogP contribution is -2.32. The Kier molecular flexibility index (Phi) is 6.83. The van der Waals surface area contributed by atoms with Crippen LogP contribution >= 0.6 is 0 Å². The van der Waals surface area contributed by atoms with Gasteiger partial charge in [0.25, 0.3) is 0 Å². The summed E-state index contributed by atoms with van der Waals surface area (Å²) in [6.07, 6.45) is 0.953. The van der Waals surface area contributed by atoms with Gasteiger partial charge in [-0.2, -0.15) is 0 Å². The fraction of sp³-hybridized carbons (Fsp3) is 0.350. The van der Waals surface area contributed by atoms with Gasteiger partial charge in [-0.15, -0.1) is 0 Å². The van der Waals surface area contributed by atoms with Crippen molar-refractivity contribution in [3.63, 3.8) is 0 Å². The fourth-order valence-corrected chi connectivity index (χ4v) is 2.59. The third-order valence-corrected chi connectivity index (χ3v) is 4.15. The number of hydrogen-bond donors (Lipinski definition) is 3. The van der Waals surface area contributed by atoms with E-state index in [0.717, 1.165) is 24.1 Å². The molecular formula is C20H26N2O3. The van der Waals surface area contributed by atoms with Crippen molar-refractivity contribution in [3.05, 3.63) is 59.2 Å². The van der Waals surface area contributed by atoms with Crippen LogP contribution in [0, 0.1) is 0 Å². The van der Waals surface area contributed by atoms with Crippen molar-refractivity contribution >= 4 is 11.7 Å². The van der Waals surface area contributed by atoms with E-state index >= 15 is 0 Å². The molecule has 0 heterocycles. The molecule has 5 heteroatoms. The largest absolute Gasteiger partial charge is 0.497 e. The third kappa shape index (κ3) is 5.22. The zero-order chi connectivity index (χ0) is 18.2. The van der Waals surface area contributed by atoms with Crippen LogP contribution in [0.3, 0.4) is 0 Å². The smallest absolute Gasteiger partial charge is 0.319 e. The van der Waals surface area contributed by atoms with Crippen molar-refractivity contribution in [2.24, 2.45) is 0 Å². The van der Waals surface area contributed by atoms with Crippen LogP contribution in [0.5, 0.6) is 5.75 Å². The van der Waals surface area contributed by atoms with E-state index in [4.69, 9.17) is 4.74 Å². The maximum atomic E-state index is 12.2. The highest BCUT2D eigenvalue weighted by molar-refractivity contribution is 5.90. The van der Waals surface area contributed by atoms with E-state index < -0.39 is 6.10 Å². The zero-order valence-electron chi connectivity index (χ0n) is 15.0.